The van der Waals surface area contributed by atoms with E-state index in [9.17, 15) is 19.1 Å². The summed E-state index contributed by atoms with van der Waals surface area (Å²) in [6.07, 6.45) is 3.10. The normalized spacial score (nSPS) is 10.8. The highest BCUT2D eigenvalue weighted by atomic mass is 19.1. The number of hydrogen-bond donors (Lipinski definition) is 3. The van der Waals surface area contributed by atoms with E-state index in [-0.39, 0.29) is 17.3 Å². The summed E-state index contributed by atoms with van der Waals surface area (Å²) >= 11 is 0. The van der Waals surface area contributed by atoms with E-state index in [4.69, 9.17) is 5.11 Å². The maximum atomic E-state index is 13.3. The molecule has 25 heavy (non-hydrogen) atoms. The summed E-state index contributed by atoms with van der Waals surface area (Å²) in [4.78, 5) is 26.3. The van der Waals surface area contributed by atoms with Crippen molar-refractivity contribution in [1.82, 2.24) is 14.9 Å². The predicted molar refractivity (Wildman–Crippen MR) is 86.9 cm³/mol. The van der Waals surface area contributed by atoms with Gasteiger partial charge in [-0.3, -0.25) is 9.59 Å². The first-order valence-electron chi connectivity index (χ1n) is 7.37. The second-order valence-corrected chi connectivity index (χ2v) is 5.40. The number of amides is 1. The number of nitrogens with zero attached hydrogens (tertiary/aromatic N) is 2. The molecule has 1 amide bonds. The number of pyridine rings is 1. The van der Waals surface area contributed by atoms with Crippen LogP contribution in [0.3, 0.4) is 0 Å². The summed E-state index contributed by atoms with van der Waals surface area (Å²) in [6.45, 7) is -0.203. The highest BCUT2D eigenvalue weighted by molar-refractivity contribution is 6.01. The molecule has 2 aromatic heterocycles. The molecule has 0 saturated carbocycles. The molecule has 0 bridgehead atoms. The monoisotopic (exact) mass is 343 g/mol. The first-order chi connectivity index (χ1) is 12.0. The first-order valence-corrected chi connectivity index (χ1v) is 7.37. The van der Waals surface area contributed by atoms with Gasteiger partial charge in [-0.1, -0.05) is 12.1 Å². The summed E-state index contributed by atoms with van der Waals surface area (Å²) in [5.74, 6) is -2.65. The molecule has 1 aromatic carbocycles. The highest BCUT2D eigenvalue weighted by Crippen LogP contribution is 2.28. The lowest BCUT2D eigenvalue weighted by atomic mass is 10.2. The zero-order valence-electron chi connectivity index (χ0n) is 12.9. The molecule has 3 rings (SSSR count). The van der Waals surface area contributed by atoms with Crippen molar-refractivity contribution in [3.05, 3.63) is 59.8 Å². The minimum Gasteiger partial charge on any atom is -0.505 e. The Hall–Kier alpha value is -3.42. The lowest BCUT2D eigenvalue weighted by Crippen LogP contribution is -2.29. The van der Waals surface area contributed by atoms with Crippen LogP contribution in [-0.4, -0.2) is 38.2 Å². The Balaban J connectivity index is 1.91. The van der Waals surface area contributed by atoms with Gasteiger partial charge in [0.2, 0.25) is 0 Å². The average molecular weight is 343 g/mol. The molecule has 0 unspecified atom stereocenters. The summed E-state index contributed by atoms with van der Waals surface area (Å²) in [5.41, 5.74) is 1.05. The van der Waals surface area contributed by atoms with Gasteiger partial charge in [-0.05, 0) is 23.8 Å². The molecule has 0 aliphatic carbocycles. The topological polar surface area (TPSA) is 104 Å². The van der Waals surface area contributed by atoms with Crippen LogP contribution in [0.1, 0.15) is 16.1 Å². The molecule has 128 valence electrons. The number of benzene rings is 1. The van der Waals surface area contributed by atoms with E-state index in [1.165, 1.54) is 18.3 Å². The number of aromatic hydroxyl groups is 1. The van der Waals surface area contributed by atoms with Crippen molar-refractivity contribution in [1.29, 1.82) is 0 Å². The van der Waals surface area contributed by atoms with Gasteiger partial charge in [-0.25, -0.2) is 9.37 Å². The molecule has 0 aliphatic heterocycles. The molecule has 0 radical (unpaired) electrons. The van der Waals surface area contributed by atoms with Crippen molar-refractivity contribution >= 4 is 22.8 Å². The van der Waals surface area contributed by atoms with E-state index >= 15 is 0 Å². The van der Waals surface area contributed by atoms with Gasteiger partial charge in [0.05, 0.1) is 11.7 Å². The van der Waals surface area contributed by atoms with Crippen molar-refractivity contribution in [3.63, 3.8) is 0 Å². The van der Waals surface area contributed by atoms with Crippen LogP contribution in [0.2, 0.25) is 0 Å². The fourth-order valence-electron chi connectivity index (χ4n) is 2.52. The van der Waals surface area contributed by atoms with E-state index in [1.54, 1.807) is 29.0 Å². The Morgan fingerprint density at radius 3 is 2.80 bits per heavy atom. The molecule has 0 fully saturated rings. The molecule has 0 saturated heterocycles. The van der Waals surface area contributed by atoms with Gasteiger partial charge in [-0.2, -0.15) is 0 Å². The Morgan fingerprint density at radius 2 is 2.08 bits per heavy atom. The van der Waals surface area contributed by atoms with Crippen LogP contribution in [0, 0.1) is 5.82 Å². The molecular formula is C17H14FN3O4. The number of fused-ring (bicyclic) bond motifs is 1. The molecule has 0 spiro atoms. The third-order valence-corrected chi connectivity index (χ3v) is 3.66. The van der Waals surface area contributed by atoms with Gasteiger partial charge in [0, 0.05) is 18.1 Å². The number of carbonyl (C=O) groups is 2. The molecule has 7 nitrogen and oxygen atoms in total. The van der Waals surface area contributed by atoms with Crippen LogP contribution in [-0.2, 0) is 11.3 Å². The lowest BCUT2D eigenvalue weighted by molar-refractivity contribution is -0.135. The fraction of sp³-hybridized carbons (Fsp3) is 0.118. The summed E-state index contributed by atoms with van der Waals surface area (Å²) in [6, 6.07) is 7.76. The van der Waals surface area contributed by atoms with Crippen molar-refractivity contribution < 1.29 is 24.2 Å². The van der Waals surface area contributed by atoms with Gasteiger partial charge < -0.3 is 20.1 Å². The second-order valence-electron chi connectivity index (χ2n) is 5.40. The third kappa shape index (κ3) is 3.42. The van der Waals surface area contributed by atoms with Crippen molar-refractivity contribution in [3.8, 4) is 5.75 Å². The van der Waals surface area contributed by atoms with Crippen molar-refractivity contribution in [2.24, 2.45) is 0 Å². The van der Waals surface area contributed by atoms with Gasteiger partial charge >= 0.3 is 5.97 Å². The zero-order chi connectivity index (χ0) is 18.0. The van der Waals surface area contributed by atoms with Crippen LogP contribution >= 0.6 is 0 Å². The Labute approximate surface area is 141 Å². The van der Waals surface area contributed by atoms with Crippen molar-refractivity contribution in [2.75, 3.05) is 6.54 Å². The number of carbonyl (C=O) groups excluding carboxylic acids is 1. The minimum atomic E-state index is -1.20. The van der Waals surface area contributed by atoms with E-state index in [1.807, 2.05) is 0 Å². The molecule has 3 aromatic rings. The summed E-state index contributed by atoms with van der Waals surface area (Å²) in [7, 11) is 0. The third-order valence-electron chi connectivity index (χ3n) is 3.66. The number of hydrogen-bond acceptors (Lipinski definition) is 4. The number of aliphatic carboxylic acids is 1. The maximum Gasteiger partial charge on any atom is 0.322 e. The Kier molecular flexibility index (Phi) is 4.34. The largest absolute Gasteiger partial charge is 0.505 e. The van der Waals surface area contributed by atoms with Crippen LogP contribution in [0.4, 0.5) is 4.39 Å². The molecule has 8 heteroatoms. The van der Waals surface area contributed by atoms with Gasteiger partial charge in [0.25, 0.3) is 5.91 Å². The smallest absolute Gasteiger partial charge is 0.322 e. The summed E-state index contributed by atoms with van der Waals surface area (Å²) < 4.78 is 15.1. The van der Waals surface area contributed by atoms with E-state index in [0.717, 1.165) is 5.56 Å². The van der Waals surface area contributed by atoms with Crippen molar-refractivity contribution in [2.45, 2.75) is 6.54 Å². The summed E-state index contributed by atoms with van der Waals surface area (Å²) in [5, 5.41) is 21.4. The molecule has 3 N–H and O–H groups in total. The first kappa shape index (κ1) is 16.4. The van der Waals surface area contributed by atoms with Crippen LogP contribution < -0.4 is 5.32 Å². The Morgan fingerprint density at radius 1 is 1.28 bits per heavy atom. The van der Waals surface area contributed by atoms with Gasteiger partial charge in [-0.15, -0.1) is 0 Å². The number of carboxylic acid groups (broad SMARTS) is 1. The number of carboxylic acids is 1. The highest BCUT2D eigenvalue weighted by Gasteiger charge is 2.18. The van der Waals surface area contributed by atoms with Crippen LogP contribution in [0.5, 0.6) is 5.75 Å². The molecular weight excluding hydrogens is 329 g/mol. The molecule has 0 aliphatic rings. The zero-order valence-corrected chi connectivity index (χ0v) is 12.9. The van der Waals surface area contributed by atoms with Crippen LogP contribution in [0.25, 0.3) is 10.9 Å². The van der Waals surface area contributed by atoms with E-state index in [2.05, 4.69) is 10.3 Å². The second kappa shape index (κ2) is 6.60. The fourth-order valence-corrected chi connectivity index (χ4v) is 2.52. The standard InChI is InChI=1S/C17H14FN3O4/c18-11-3-1-2-10(6-11)9-21-5-4-12-13(21)7-19-15(16(12)24)17(25)20-8-14(22)23/h1-7,24H,8-9H2,(H,20,25)(H,22,23). The quantitative estimate of drug-likeness (QED) is 0.655. The van der Waals surface area contributed by atoms with Gasteiger partial charge in [0.1, 0.15) is 12.4 Å². The SMILES string of the molecule is O=C(O)CNC(=O)c1ncc2c(ccn2Cc2cccc(F)c2)c1O. The number of halogens is 1. The van der Waals surface area contributed by atoms with Gasteiger partial charge in [0.15, 0.2) is 11.4 Å². The van der Waals surface area contributed by atoms with Crippen LogP contribution in [0.15, 0.2) is 42.7 Å². The molecule has 0 atom stereocenters. The number of rotatable bonds is 5. The van der Waals surface area contributed by atoms with E-state index in [0.29, 0.717) is 17.4 Å². The number of aromatic nitrogens is 2. The average Bonchev–Trinajstić information content (AvgIpc) is 2.97. The van der Waals surface area contributed by atoms with E-state index < -0.39 is 18.4 Å². The Bertz CT molecular complexity index is 968. The predicted octanol–water partition coefficient (Wildman–Crippen LogP) is 1.74. The minimum absolute atomic E-state index is 0.253. The molecule has 2 heterocycles. The maximum absolute atomic E-state index is 13.3. The number of nitrogens with one attached hydrogen (secondary N) is 1. The lowest BCUT2D eigenvalue weighted by Gasteiger charge is -2.08.